The molecule has 1 heterocycles. The van der Waals surface area contributed by atoms with Crippen LogP contribution in [0.25, 0.3) is 0 Å². The van der Waals surface area contributed by atoms with E-state index in [1.165, 1.54) is 0 Å². The molecule has 0 saturated carbocycles. The molecule has 4 nitrogen and oxygen atoms in total. The van der Waals surface area contributed by atoms with Crippen LogP contribution in [0.5, 0.6) is 0 Å². The Balaban J connectivity index is 1.97. The Morgan fingerprint density at radius 2 is 2.11 bits per heavy atom. The lowest BCUT2D eigenvalue weighted by atomic mass is 10.2. The average molecular weight is 290 g/mol. The first-order valence-corrected chi connectivity index (χ1v) is 6.60. The van der Waals surface area contributed by atoms with Gasteiger partial charge in [0, 0.05) is 25.3 Å². The summed E-state index contributed by atoms with van der Waals surface area (Å²) >= 11 is 12.2. The van der Waals surface area contributed by atoms with Crippen molar-refractivity contribution >= 4 is 34.6 Å². The van der Waals surface area contributed by atoms with Crippen LogP contribution in [-0.2, 0) is 4.74 Å². The number of nitrogen functional groups attached to an aromatic ring is 1. The summed E-state index contributed by atoms with van der Waals surface area (Å²) in [6.45, 7) is 3.30. The molecule has 0 aromatic heterocycles. The van der Waals surface area contributed by atoms with Gasteiger partial charge in [0.2, 0.25) is 0 Å². The molecule has 0 amide bonds. The molecule has 1 aliphatic rings. The third-order valence-corrected chi connectivity index (χ3v) is 3.51. The Morgan fingerprint density at radius 3 is 2.72 bits per heavy atom. The van der Waals surface area contributed by atoms with Crippen molar-refractivity contribution in [3.05, 3.63) is 22.2 Å². The molecule has 6 heteroatoms. The second kappa shape index (κ2) is 5.97. The quantitative estimate of drug-likeness (QED) is 0.839. The molecule has 1 unspecified atom stereocenters. The summed E-state index contributed by atoms with van der Waals surface area (Å²) in [5.41, 5.74) is 6.93. The number of halogens is 2. The third kappa shape index (κ3) is 3.42. The summed E-state index contributed by atoms with van der Waals surface area (Å²) < 4.78 is 5.66. The minimum Gasteiger partial charge on any atom is -0.399 e. The second-order valence-corrected chi connectivity index (χ2v) is 5.31. The Labute approximate surface area is 117 Å². The second-order valence-electron chi connectivity index (χ2n) is 4.50. The molecular formula is C12H17Cl2N3O. The van der Waals surface area contributed by atoms with E-state index in [1.54, 1.807) is 12.1 Å². The molecule has 1 aromatic rings. The lowest BCUT2D eigenvalue weighted by Gasteiger charge is -2.30. The fourth-order valence-corrected chi connectivity index (χ4v) is 2.61. The van der Waals surface area contributed by atoms with Gasteiger partial charge in [-0.3, -0.25) is 0 Å². The largest absolute Gasteiger partial charge is 0.399 e. The van der Waals surface area contributed by atoms with Crippen LogP contribution in [0.3, 0.4) is 0 Å². The zero-order chi connectivity index (χ0) is 13.1. The van der Waals surface area contributed by atoms with E-state index in [-0.39, 0.29) is 6.10 Å². The number of hydrogen-bond acceptors (Lipinski definition) is 4. The van der Waals surface area contributed by atoms with Crippen LogP contribution in [0.1, 0.15) is 0 Å². The van der Waals surface area contributed by atoms with E-state index in [0.717, 1.165) is 19.7 Å². The molecule has 0 aliphatic carbocycles. The van der Waals surface area contributed by atoms with E-state index in [4.69, 9.17) is 33.7 Å². The summed E-state index contributed by atoms with van der Waals surface area (Å²) in [6.07, 6.45) is 0.147. The number of ether oxygens (including phenoxy) is 1. The predicted octanol–water partition coefficient (Wildman–Crippen LogP) is 2.32. The number of morpholine rings is 1. The van der Waals surface area contributed by atoms with Gasteiger partial charge < -0.3 is 20.7 Å². The first kappa shape index (κ1) is 13.7. The van der Waals surface area contributed by atoms with Gasteiger partial charge >= 0.3 is 0 Å². The van der Waals surface area contributed by atoms with Gasteiger partial charge in [-0.1, -0.05) is 23.2 Å². The number of nitrogens with two attached hydrogens (primary N) is 1. The van der Waals surface area contributed by atoms with E-state index in [9.17, 15) is 0 Å². The lowest BCUT2D eigenvalue weighted by Crippen LogP contribution is -2.43. The van der Waals surface area contributed by atoms with Crippen LogP contribution in [0.15, 0.2) is 12.1 Å². The Hall–Kier alpha value is -0.680. The molecule has 1 saturated heterocycles. The number of benzene rings is 1. The first-order valence-electron chi connectivity index (χ1n) is 5.85. The van der Waals surface area contributed by atoms with Gasteiger partial charge in [0.05, 0.1) is 28.4 Å². The topological polar surface area (TPSA) is 50.5 Å². The molecule has 100 valence electrons. The molecule has 18 heavy (non-hydrogen) atoms. The van der Waals surface area contributed by atoms with E-state index in [2.05, 4.69) is 17.3 Å². The smallest absolute Gasteiger partial charge is 0.0874 e. The summed E-state index contributed by atoms with van der Waals surface area (Å²) in [4.78, 5) is 2.24. The van der Waals surface area contributed by atoms with E-state index in [0.29, 0.717) is 28.0 Å². The fourth-order valence-electron chi connectivity index (χ4n) is 1.97. The van der Waals surface area contributed by atoms with Crippen LogP contribution in [0.4, 0.5) is 11.4 Å². The van der Waals surface area contributed by atoms with E-state index < -0.39 is 0 Å². The summed E-state index contributed by atoms with van der Waals surface area (Å²) in [5, 5.41) is 4.29. The van der Waals surface area contributed by atoms with Gasteiger partial charge in [-0.05, 0) is 19.2 Å². The van der Waals surface area contributed by atoms with Gasteiger partial charge in [-0.25, -0.2) is 0 Å². The van der Waals surface area contributed by atoms with Crippen molar-refractivity contribution < 1.29 is 4.74 Å². The van der Waals surface area contributed by atoms with Crippen LogP contribution < -0.4 is 11.1 Å². The molecule has 3 N–H and O–H groups in total. The maximum Gasteiger partial charge on any atom is 0.0874 e. The normalized spacial score (nSPS) is 20.9. The van der Waals surface area contributed by atoms with Crippen molar-refractivity contribution in [2.75, 3.05) is 44.3 Å². The van der Waals surface area contributed by atoms with Gasteiger partial charge in [-0.15, -0.1) is 0 Å². The van der Waals surface area contributed by atoms with E-state index >= 15 is 0 Å². The Kier molecular flexibility index (Phi) is 4.56. The highest BCUT2D eigenvalue weighted by molar-refractivity contribution is 6.39. The standard InChI is InChI=1S/C12H17Cl2N3O/c1-17-2-3-18-9(7-17)6-16-12-10(13)4-8(15)5-11(12)14/h4-5,9,16H,2-3,6-7,15H2,1H3. The highest BCUT2D eigenvalue weighted by atomic mass is 35.5. The van der Waals surface area contributed by atoms with Crippen molar-refractivity contribution in [3.8, 4) is 0 Å². The zero-order valence-corrected chi connectivity index (χ0v) is 11.8. The first-order chi connectivity index (χ1) is 8.56. The molecule has 1 aromatic carbocycles. The van der Waals surface area contributed by atoms with Crippen molar-refractivity contribution in [3.63, 3.8) is 0 Å². The average Bonchev–Trinajstić information content (AvgIpc) is 2.27. The zero-order valence-electron chi connectivity index (χ0n) is 10.2. The molecule has 1 fully saturated rings. The fraction of sp³-hybridized carbons (Fsp3) is 0.500. The van der Waals surface area contributed by atoms with Crippen LogP contribution in [-0.4, -0.2) is 44.3 Å². The summed E-state index contributed by atoms with van der Waals surface area (Å²) in [5.74, 6) is 0. The molecule has 1 aliphatic heterocycles. The number of likely N-dealkylation sites (N-methyl/N-ethyl adjacent to an activating group) is 1. The van der Waals surface area contributed by atoms with Crippen molar-refractivity contribution in [1.82, 2.24) is 4.90 Å². The number of hydrogen-bond donors (Lipinski definition) is 2. The summed E-state index contributed by atoms with van der Waals surface area (Å²) in [6, 6.07) is 3.37. The molecule has 0 spiro atoms. The van der Waals surface area contributed by atoms with E-state index in [1.807, 2.05) is 0 Å². The highest BCUT2D eigenvalue weighted by Crippen LogP contribution is 2.32. The monoisotopic (exact) mass is 289 g/mol. The maximum atomic E-state index is 6.10. The number of nitrogens with one attached hydrogen (secondary N) is 1. The minimum atomic E-state index is 0.147. The van der Waals surface area contributed by atoms with Gasteiger partial charge in [-0.2, -0.15) is 0 Å². The van der Waals surface area contributed by atoms with Crippen LogP contribution in [0.2, 0.25) is 10.0 Å². The lowest BCUT2D eigenvalue weighted by molar-refractivity contribution is -0.0117. The molecule has 0 bridgehead atoms. The number of rotatable bonds is 3. The molecular weight excluding hydrogens is 273 g/mol. The maximum absolute atomic E-state index is 6.10. The van der Waals surface area contributed by atoms with Gasteiger partial charge in [0.1, 0.15) is 0 Å². The number of nitrogens with zero attached hydrogens (tertiary/aromatic N) is 1. The van der Waals surface area contributed by atoms with Crippen molar-refractivity contribution in [2.45, 2.75) is 6.10 Å². The Bertz CT molecular complexity index is 405. The molecule has 1 atom stereocenters. The predicted molar refractivity (Wildman–Crippen MR) is 76.6 cm³/mol. The SMILES string of the molecule is CN1CCOC(CNc2c(Cl)cc(N)cc2Cl)C1. The Morgan fingerprint density at radius 1 is 1.44 bits per heavy atom. The minimum absolute atomic E-state index is 0.147. The molecule has 2 rings (SSSR count). The summed E-state index contributed by atoms with van der Waals surface area (Å²) in [7, 11) is 2.08. The van der Waals surface area contributed by atoms with Gasteiger partial charge in [0.15, 0.2) is 0 Å². The van der Waals surface area contributed by atoms with Crippen LogP contribution in [0, 0.1) is 0 Å². The third-order valence-electron chi connectivity index (χ3n) is 2.91. The highest BCUT2D eigenvalue weighted by Gasteiger charge is 2.18. The molecule has 0 radical (unpaired) electrons. The van der Waals surface area contributed by atoms with Gasteiger partial charge in [0.25, 0.3) is 0 Å². The van der Waals surface area contributed by atoms with Crippen LogP contribution >= 0.6 is 23.2 Å². The number of anilines is 2. The van der Waals surface area contributed by atoms with Crippen molar-refractivity contribution in [1.29, 1.82) is 0 Å². The van der Waals surface area contributed by atoms with Crippen molar-refractivity contribution in [2.24, 2.45) is 0 Å².